The number of alkyl halides is 1. The van der Waals surface area contributed by atoms with Crippen molar-refractivity contribution < 1.29 is 9.53 Å². The van der Waals surface area contributed by atoms with Crippen LogP contribution in [0.2, 0.25) is 0 Å². The fourth-order valence-corrected chi connectivity index (χ4v) is 2.09. The first-order valence-electron chi connectivity index (χ1n) is 5.63. The van der Waals surface area contributed by atoms with E-state index in [0.717, 1.165) is 11.8 Å². The fraction of sp³-hybridized carbons (Fsp3) is 0.917. The highest BCUT2D eigenvalue weighted by atomic mass is 79.9. The summed E-state index contributed by atoms with van der Waals surface area (Å²) in [4.78, 5) is 11.5. The number of nitrogens with one attached hydrogen (secondary N) is 1. The summed E-state index contributed by atoms with van der Waals surface area (Å²) < 4.78 is 5.40. The van der Waals surface area contributed by atoms with Gasteiger partial charge in [-0.1, -0.05) is 29.8 Å². The zero-order valence-electron chi connectivity index (χ0n) is 11.0. The van der Waals surface area contributed by atoms with E-state index in [4.69, 9.17) is 4.74 Å². The van der Waals surface area contributed by atoms with E-state index < -0.39 is 0 Å². The van der Waals surface area contributed by atoms with Gasteiger partial charge in [0.2, 0.25) is 5.91 Å². The summed E-state index contributed by atoms with van der Waals surface area (Å²) in [5.74, 6) is -0.0439. The highest BCUT2D eigenvalue weighted by Crippen LogP contribution is 2.19. The first kappa shape index (κ1) is 15.9. The van der Waals surface area contributed by atoms with Crippen LogP contribution in [0.1, 0.15) is 41.0 Å². The second-order valence-corrected chi connectivity index (χ2v) is 6.57. The molecule has 0 aliphatic carbocycles. The molecule has 0 aliphatic heterocycles. The van der Waals surface area contributed by atoms with Gasteiger partial charge in [0.05, 0.1) is 5.60 Å². The number of amides is 1. The highest BCUT2D eigenvalue weighted by Gasteiger charge is 2.19. The number of ether oxygens (including phenoxy) is 1. The molecule has 0 saturated carbocycles. The molecule has 96 valence electrons. The molecule has 0 radical (unpaired) electrons. The van der Waals surface area contributed by atoms with Crippen LogP contribution in [0.5, 0.6) is 0 Å². The van der Waals surface area contributed by atoms with Crippen LogP contribution < -0.4 is 5.32 Å². The van der Waals surface area contributed by atoms with Gasteiger partial charge in [-0.2, -0.15) is 0 Å². The maximum atomic E-state index is 11.5. The van der Waals surface area contributed by atoms with Crippen molar-refractivity contribution >= 4 is 21.8 Å². The van der Waals surface area contributed by atoms with Crippen LogP contribution in [0, 0.1) is 5.41 Å². The van der Waals surface area contributed by atoms with E-state index in [-0.39, 0.29) is 23.5 Å². The predicted molar refractivity (Wildman–Crippen MR) is 70.9 cm³/mol. The average molecular weight is 294 g/mol. The van der Waals surface area contributed by atoms with E-state index in [9.17, 15) is 4.79 Å². The quantitative estimate of drug-likeness (QED) is 0.765. The van der Waals surface area contributed by atoms with Crippen LogP contribution in [0.3, 0.4) is 0 Å². The summed E-state index contributed by atoms with van der Waals surface area (Å²) in [6, 6.07) is 0. The summed E-state index contributed by atoms with van der Waals surface area (Å²) in [6.45, 7) is 10.9. The Hall–Kier alpha value is -0.0900. The molecule has 1 amide bonds. The van der Waals surface area contributed by atoms with Crippen molar-refractivity contribution in [1.82, 2.24) is 5.32 Å². The Morgan fingerprint density at radius 2 is 1.81 bits per heavy atom. The summed E-state index contributed by atoms with van der Waals surface area (Å²) in [6.07, 6.45) is 1.04. The number of rotatable bonds is 6. The van der Waals surface area contributed by atoms with Crippen molar-refractivity contribution in [2.75, 3.05) is 18.5 Å². The van der Waals surface area contributed by atoms with E-state index in [1.54, 1.807) is 0 Å². The van der Waals surface area contributed by atoms with Gasteiger partial charge in [0.15, 0.2) is 0 Å². The zero-order valence-corrected chi connectivity index (χ0v) is 12.6. The molecule has 16 heavy (non-hydrogen) atoms. The number of hydrogen-bond acceptors (Lipinski definition) is 2. The smallest absolute Gasteiger partial charge is 0.246 e. The van der Waals surface area contributed by atoms with Crippen LogP contribution >= 0.6 is 15.9 Å². The minimum atomic E-state index is -0.261. The zero-order chi connectivity index (χ0) is 12.8. The monoisotopic (exact) mass is 293 g/mol. The average Bonchev–Trinajstić information content (AvgIpc) is 2.10. The van der Waals surface area contributed by atoms with Gasteiger partial charge in [-0.3, -0.25) is 4.79 Å². The summed E-state index contributed by atoms with van der Waals surface area (Å²) in [7, 11) is 0. The molecular formula is C12H24BrNO2. The van der Waals surface area contributed by atoms with Gasteiger partial charge < -0.3 is 10.1 Å². The van der Waals surface area contributed by atoms with Gasteiger partial charge in [-0.25, -0.2) is 0 Å². The van der Waals surface area contributed by atoms with Gasteiger partial charge >= 0.3 is 0 Å². The first-order valence-corrected chi connectivity index (χ1v) is 6.75. The summed E-state index contributed by atoms with van der Waals surface area (Å²) in [5.41, 5.74) is -0.135. The van der Waals surface area contributed by atoms with Crippen molar-refractivity contribution in [2.45, 2.75) is 46.6 Å². The number of carbonyl (C=O) groups is 1. The lowest BCUT2D eigenvalue weighted by Gasteiger charge is -2.24. The molecule has 0 spiro atoms. The molecule has 0 aromatic heterocycles. The molecule has 0 aliphatic rings. The van der Waals surface area contributed by atoms with Gasteiger partial charge in [0, 0.05) is 11.9 Å². The third-order valence-electron chi connectivity index (χ3n) is 2.17. The highest BCUT2D eigenvalue weighted by molar-refractivity contribution is 9.09. The first-order chi connectivity index (χ1) is 7.16. The second-order valence-electron chi connectivity index (χ2n) is 5.78. The van der Waals surface area contributed by atoms with Gasteiger partial charge in [0.1, 0.15) is 6.61 Å². The van der Waals surface area contributed by atoms with Crippen molar-refractivity contribution in [3.8, 4) is 0 Å². The molecule has 1 N–H and O–H groups in total. The van der Waals surface area contributed by atoms with Gasteiger partial charge in [-0.05, 0) is 32.6 Å². The second kappa shape index (κ2) is 6.60. The van der Waals surface area contributed by atoms with E-state index in [2.05, 4.69) is 35.1 Å². The largest absolute Gasteiger partial charge is 0.366 e. The number of hydrogen-bond donors (Lipinski definition) is 1. The maximum absolute atomic E-state index is 11.5. The molecule has 0 aromatic carbocycles. The predicted octanol–water partition coefficient (Wildman–Crippen LogP) is 2.73. The third-order valence-corrected chi connectivity index (χ3v) is 2.57. The SMILES string of the molecule is CC(C)(CCBr)CNC(=O)COC(C)(C)C. The Kier molecular flexibility index (Phi) is 6.56. The van der Waals surface area contributed by atoms with E-state index >= 15 is 0 Å². The maximum Gasteiger partial charge on any atom is 0.246 e. The lowest BCUT2D eigenvalue weighted by Crippen LogP contribution is -2.38. The van der Waals surface area contributed by atoms with Crippen molar-refractivity contribution in [3.63, 3.8) is 0 Å². The Labute approximate surface area is 107 Å². The molecule has 0 rings (SSSR count). The Bertz CT molecular complexity index is 222. The molecule has 4 heteroatoms. The molecule has 0 aromatic rings. The fourth-order valence-electron chi connectivity index (χ4n) is 1.02. The van der Waals surface area contributed by atoms with E-state index in [1.807, 2.05) is 20.8 Å². The third kappa shape index (κ3) is 9.16. The molecule has 0 atom stereocenters. The van der Waals surface area contributed by atoms with Crippen molar-refractivity contribution in [3.05, 3.63) is 0 Å². The Morgan fingerprint density at radius 3 is 2.25 bits per heavy atom. The van der Waals surface area contributed by atoms with E-state index in [0.29, 0.717) is 6.54 Å². The summed E-state index contributed by atoms with van der Waals surface area (Å²) >= 11 is 3.41. The van der Waals surface area contributed by atoms with Gasteiger partial charge in [-0.15, -0.1) is 0 Å². The molecule has 0 heterocycles. The topological polar surface area (TPSA) is 38.3 Å². The molecule has 3 nitrogen and oxygen atoms in total. The lowest BCUT2D eigenvalue weighted by molar-refractivity contribution is -0.130. The molecule has 0 unspecified atom stereocenters. The minimum absolute atomic E-state index is 0.0439. The normalized spacial score (nSPS) is 12.6. The van der Waals surface area contributed by atoms with Crippen LogP contribution in [-0.2, 0) is 9.53 Å². The van der Waals surface area contributed by atoms with E-state index in [1.165, 1.54) is 0 Å². The van der Waals surface area contributed by atoms with Crippen LogP contribution in [0.4, 0.5) is 0 Å². The van der Waals surface area contributed by atoms with Crippen molar-refractivity contribution in [1.29, 1.82) is 0 Å². The molecule has 0 bridgehead atoms. The molecule has 0 saturated heterocycles. The Balaban J connectivity index is 3.81. The molecular weight excluding hydrogens is 270 g/mol. The Morgan fingerprint density at radius 1 is 1.25 bits per heavy atom. The minimum Gasteiger partial charge on any atom is -0.366 e. The molecule has 0 fully saturated rings. The lowest BCUT2D eigenvalue weighted by atomic mass is 9.90. The summed E-state index contributed by atoms with van der Waals surface area (Å²) in [5, 5.41) is 3.85. The van der Waals surface area contributed by atoms with Crippen LogP contribution in [0.15, 0.2) is 0 Å². The van der Waals surface area contributed by atoms with Gasteiger partial charge in [0.25, 0.3) is 0 Å². The number of halogens is 1. The van der Waals surface area contributed by atoms with Crippen LogP contribution in [0.25, 0.3) is 0 Å². The number of carbonyl (C=O) groups excluding carboxylic acids is 1. The van der Waals surface area contributed by atoms with Crippen LogP contribution in [-0.4, -0.2) is 30.0 Å². The van der Waals surface area contributed by atoms with Crippen molar-refractivity contribution in [2.24, 2.45) is 5.41 Å². The standard InChI is InChI=1S/C12H24BrNO2/c1-11(2,3)16-8-10(15)14-9-12(4,5)6-7-13/h6-9H2,1-5H3,(H,14,15).